The number of nitrogens with one attached hydrogen (secondary N) is 1. The van der Waals surface area contributed by atoms with E-state index in [0.717, 1.165) is 12.3 Å². The van der Waals surface area contributed by atoms with E-state index in [0.29, 0.717) is 6.20 Å². The van der Waals surface area contributed by atoms with E-state index in [9.17, 15) is 26.4 Å². The zero-order valence-corrected chi connectivity index (χ0v) is 16.9. The zero-order valence-electron chi connectivity index (χ0n) is 14.5. The molecule has 1 N–H and O–H groups in total. The topological polar surface area (TPSA) is 94.6 Å². The highest BCUT2D eigenvalue weighted by Gasteiger charge is 2.31. The Balaban J connectivity index is 2.04. The van der Waals surface area contributed by atoms with Crippen molar-refractivity contribution in [2.45, 2.75) is 19.2 Å². The number of halogens is 4. The van der Waals surface area contributed by atoms with E-state index in [1.165, 1.54) is 31.2 Å². The lowest BCUT2D eigenvalue weighted by Gasteiger charge is -2.14. The molecule has 0 bridgehead atoms. The molecule has 1 aromatic carbocycles. The average molecular weight is 483 g/mol. The maximum atomic E-state index is 12.6. The zero-order chi connectivity index (χ0) is 21.1. The molecule has 0 saturated carbocycles. The van der Waals surface area contributed by atoms with Crippen LogP contribution in [-0.4, -0.2) is 31.7 Å². The molecular formula is C16H14BrF3N2O5S. The predicted molar refractivity (Wildman–Crippen MR) is 96.5 cm³/mol. The number of carbonyl (C=O) groups is 1. The first-order valence-electron chi connectivity index (χ1n) is 7.54. The number of carbonyl (C=O) groups excluding carboxylic acids is 1. The van der Waals surface area contributed by atoms with Gasteiger partial charge in [0.15, 0.2) is 6.10 Å². The summed E-state index contributed by atoms with van der Waals surface area (Å²) in [5.41, 5.74) is -0.920. The molecule has 1 heterocycles. The van der Waals surface area contributed by atoms with Crippen molar-refractivity contribution in [2.24, 2.45) is 0 Å². The van der Waals surface area contributed by atoms with Crippen molar-refractivity contribution in [1.29, 1.82) is 0 Å². The van der Waals surface area contributed by atoms with Crippen LogP contribution in [0.1, 0.15) is 12.5 Å². The van der Waals surface area contributed by atoms with E-state index < -0.39 is 33.8 Å². The molecule has 28 heavy (non-hydrogen) atoms. The second kappa shape index (κ2) is 8.35. The fraction of sp³-hybridized carbons (Fsp3) is 0.250. The normalized spacial score (nSPS) is 12.9. The number of nitrogens with zero attached hydrogens (tertiary/aromatic N) is 1. The van der Waals surface area contributed by atoms with Crippen LogP contribution < -0.4 is 14.2 Å². The Morgan fingerprint density at radius 3 is 2.29 bits per heavy atom. The summed E-state index contributed by atoms with van der Waals surface area (Å²) < 4.78 is 72.6. The molecule has 0 saturated heterocycles. The van der Waals surface area contributed by atoms with Gasteiger partial charge >= 0.3 is 6.18 Å². The van der Waals surface area contributed by atoms with Gasteiger partial charge in [-0.05, 0) is 53.2 Å². The van der Waals surface area contributed by atoms with Crippen LogP contribution in [0.3, 0.4) is 0 Å². The molecule has 2 rings (SSSR count). The molecule has 0 spiro atoms. The largest absolute Gasteiger partial charge is 0.481 e. The van der Waals surface area contributed by atoms with Gasteiger partial charge in [0, 0.05) is 6.20 Å². The van der Waals surface area contributed by atoms with Gasteiger partial charge in [0.2, 0.25) is 15.9 Å². The number of alkyl halides is 3. The lowest BCUT2D eigenvalue weighted by Crippen LogP contribution is -2.39. The molecule has 12 heteroatoms. The summed E-state index contributed by atoms with van der Waals surface area (Å²) in [5, 5.41) is 0. The number of aromatic nitrogens is 1. The maximum Gasteiger partial charge on any atom is 0.417 e. The van der Waals surface area contributed by atoms with Crippen molar-refractivity contribution in [3.63, 3.8) is 0 Å². The standard InChI is InChI=1S/C16H14BrF3N2O5S/c1-9(14(23)22-28(2,24)25)26-11-3-5-12(6-4-11)27-15-13(17)7-10(8-21-15)16(18,19)20/h3-9H,1-2H3,(H,22,23). The molecule has 7 nitrogen and oxygen atoms in total. The number of benzene rings is 1. The Bertz CT molecular complexity index is 965. The predicted octanol–water partition coefficient (Wildman–Crippen LogP) is 3.50. The third-order valence-corrected chi connectivity index (χ3v) is 4.28. The molecule has 0 fully saturated rings. The SMILES string of the molecule is CC(Oc1ccc(Oc2ncc(C(F)(F)F)cc2Br)cc1)C(=O)NS(C)(=O)=O. The summed E-state index contributed by atoms with van der Waals surface area (Å²) in [6.45, 7) is 1.37. The maximum absolute atomic E-state index is 12.6. The second-order valence-electron chi connectivity index (χ2n) is 5.58. The summed E-state index contributed by atoms with van der Waals surface area (Å²) in [6.07, 6.45) is -4.10. The third-order valence-electron chi connectivity index (χ3n) is 3.14. The Kier molecular flexibility index (Phi) is 6.55. The quantitative estimate of drug-likeness (QED) is 0.676. The van der Waals surface area contributed by atoms with Crippen molar-refractivity contribution in [2.75, 3.05) is 6.26 Å². The molecule has 0 aliphatic rings. The number of rotatable bonds is 6. The van der Waals surface area contributed by atoms with E-state index in [-0.39, 0.29) is 21.9 Å². The average Bonchev–Trinajstić information content (AvgIpc) is 2.56. The highest BCUT2D eigenvalue weighted by Crippen LogP contribution is 2.35. The fourth-order valence-corrected chi connectivity index (χ4v) is 2.84. The van der Waals surface area contributed by atoms with Crippen LogP contribution in [0.15, 0.2) is 41.0 Å². The monoisotopic (exact) mass is 482 g/mol. The highest BCUT2D eigenvalue weighted by atomic mass is 79.9. The number of pyridine rings is 1. The molecule has 1 amide bonds. The molecule has 0 aliphatic carbocycles. The van der Waals surface area contributed by atoms with Crippen LogP contribution in [-0.2, 0) is 21.0 Å². The molecule has 1 atom stereocenters. The fourth-order valence-electron chi connectivity index (χ4n) is 1.88. The summed E-state index contributed by atoms with van der Waals surface area (Å²) in [4.78, 5) is 15.3. The molecule has 0 radical (unpaired) electrons. The molecule has 1 aromatic heterocycles. The lowest BCUT2D eigenvalue weighted by atomic mass is 10.3. The third kappa shape index (κ3) is 6.37. The van der Waals surface area contributed by atoms with Crippen LogP contribution in [0.5, 0.6) is 17.4 Å². The smallest absolute Gasteiger partial charge is 0.417 e. The van der Waals surface area contributed by atoms with Gasteiger partial charge in [-0.15, -0.1) is 0 Å². The van der Waals surface area contributed by atoms with E-state index in [2.05, 4.69) is 20.9 Å². The van der Waals surface area contributed by atoms with Crippen molar-refractivity contribution in [1.82, 2.24) is 9.71 Å². The molecule has 2 aromatic rings. The summed E-state index contributed by atoms with van der Waals surface area (Å²) >= 11 is 2.98. The van der Waals surface area contributed by atoms with Gasteiger partial charge in [-0.2, -0.15) is 13.2 Å². The number of ether oxygens (including phenoxy) is 2. The number of hydrogen-bond donors (Lipinski definition) is 1. The van der Waals surface area contributed by atoms with E-state index in [1.54, 1.807) is 4.72 Å². The van der Waals surface area contributed by atoms with Crippen LogP contribution in [0.4, 0.5) is 13.2 Å². The summed E-state index contributed by atoms with van der Waals surface area (Å²) in [7, 11) is -3.70. The van der Waals surface area contributed by atoms with Crippen LogP contribution >= 0.6 is 15.9 Å². The molecule has 1 unspecified atom stereocenters. The van der Waals surface area contributed by atoms with Crippen molar-refractivity contribution in [3.05, 3.63) is 46.6 Å². The van der Waals surface area contributed by atoms with Crippen molar-refractivity contribution < 1.29 is 35.9 Å². The van der Waals surface area contributed by atoms with Crippen molar-refractivity contribution >= 4 is 31.9 Å². The number of amides is 1. The van der Waals surface area contributed by atoms with Gasteiger partial charge < -0.3 is 9.47 Å². The van der Waals surface area contributed by atoms with Gasteiger partial charge in [-0.3, -0.25) is 9.52 Å². The minimum absolute atomic E-state index is 0.0220. The molecule has 0 aliphatic heterocycles. The first-order valence-corrected chi connectivity index (χ1v) is 10.2. The number of hydrogen-bond acceptors (Lipinski definition) is 6. The first kappa shape index (κ1) is 22.0. The van der Waals surface area contributed by atoms with Crippen LogP contribution in [0, 0.1) is 0 Å². The first-order chi connectivity index (χ1) is 12.8. The van der Waals surface area contributed by atoms with Gasteiger partial charge in [0.1, 0.15) is 11.5 Å². The Hall–Kier alpha value is -2.34. The Morgan fingerprint density at radius 1 is 1.21 bits per heavy atom. The van der Waals surface area contributed by atoms with E-state index >= 15 is 0 Å². The highest BCUT2D eigenvalue weighted by molar-refractivity contribution is 9.10. The Morgan fingerprint density at radius 2 is 1.79 bits per heavy atom. The minimum Gasteiger partial charge on any atom is -0.481 e. The van der Waals surface area contributed by atoms with E-state index in [1.807, 2.05) is 0 Å². The van der Waals surface area contributed by atoms with Crippen LogP contribution in [0.2, 0.25) is 0 Å². The van der Waals surface area contributed by atoms with Gasteiger partial charge in [0.05, 0.1) is 16.3 Å². The van der Waals surface area contributed by atoms with Gasteiger partial charge in [-0.1, -0.05) is 0 Å². The number of sulfonamides is 1. The lowest BCUT2D eigenvalue weighted by molar-refractivity contribution is -0.137. The van der Waals surface area contributed by atoms with Gasteiger partial charge in [0.25, 0.3) is 5.91 Å². The van der Waals surface area contributed by atoms with Crippen molar-refractivity contribution in [3.8, 4) is 17.4 Å². The molecule has 152 valence electrons. The van der Waals surface area contributed by atoms with E-state index in [4.69, 9.17) is 9.47 Å². The summed E-state index contributed by atoms with van der Waals surface area (Å²) in [6, 6.07) is 6.63. The summed E-state index contributed by atoms with van der Waals surface area (Å²) in [5.74, 6) is -0.389. The minimum atomic E-state index is -4.52. The molecular weight excluding hydrogens is 469 g/mol. The van der Waals surface area contributed by atoms with Crippen LogP contribution in [0.25, 0.3) is 0 Å². The Labute approximate surface area is 167 Å². The van der Waals surface area contributed by atoms with Gasteiger partial charge in [-0.25, -0.2) is 13.4 Å². The second-order valence-corrected chi connectivity index (χ2v) is 8.18.